The summed E-state index contributed by atoms with van der Waals surface area (Å²) in [5.41, 5.74) is 0. The van der Waals surface area contributed by atoms with Crippen molar-refractivity contribution in [1.29, 1.82) is 0 Å². The zero-order valence-electron chi connectivity index (χ0n) is 16.8. The van der Waals surface area contributed by atoms with Crippen LogP contribution in [0.15, 0.2) is 60.7 Å². The molecule has 0 aliphatic rings. The third-order valence-electron chi connectivity index (χ3n) is 5.22. The molecule has 0 aromatic heterocycles. The van der Waals surface area contributed by atoms with Gasteiger partial charge in [-0.15, -0.1) is 0 Å². The summed E-state index contributed by atoms with van der Waals surface area (Å²) in [6.45, 7) is 7.86. The van der Waals surface area contributed by atoms with E-state index in [9.17, 15) is 0 Å². The van der Waals surface area contributed by atoms with Gasteiger partial charge in [0, 0.05) is 17.3 Å². The molecule has 2 aromatic carbocycles. The Balaban J connectivity index is 2.45. The Morgan fingerprint density at radius 3 is 1.74 bits per heavy atom. The number of hydrogen-bond donors (Lipinski definition) is 0. The lowest BCUT2D eigenvalue weighted by Gasteiger charge is -2.43. The Labute approximate surface area is 183 Å². The normalized spacial score (nSPS) is 13.5. The molecular weight excluding hydrogens is 480 g/mol. The van der Waals surface area contributed by atoms with Crippen LogP contribution >= 0.6 is 31.9 Å². The van der Waals surface area contributed by atoms with Crippen LogP contribution < -0.4 is 10.4 Å². The van der Waals surface area contributed by atoms with Gasteiger partial charge in [0.25, 0.3) is 8.32 Å². The van der Waals surface area contributed by atoms with Gasteiger partial charge in [-0.3, -0.25) is 0 Å². The maximum atomic E-state index is 7.08. The second-order valence-corrected chi connectivity index (χ2v) is 14.0. The Morgan fingerprint density at radius 2 is 1.33 bits per heavy atom. The molecule has 0 saturated carbocycles. The molecule has 0 saturated heterocycles. The molecule has 4 heteroatoms. The molecule has 148 valence electrons. The van der Waals surface area contributed by atoms with Crippen molar-refractivity contribution in [2.24, 2.45) is 5.92 Å². The molecule has 0 amide bonds. The van der Waals surface area contributed by atoms with E-state index >= 15 is 0 Å². The van der Waals surface area contributed by atoms with Gasteiger partial charge in [-0.1, -0.05) is 113 Å². The van der Waals surface area contributed by atoms with Crippen LogP contribution in [0.2, 0.25) is 5.04 Å². The highest BCUT2D eigenvalue weighted by Crippen LogP contribution is 2.37. The van der Waals surface area contributed by atoms with Crippen LogP contribution in [0.4, 0.5) is 0 Å². The van der Waals surface area contributed by atoms with E-state index in [2.05, 4.69) is 113 Å². The second-order valence-electron chi connectivity index (χ2n) is 8.15. The quantitative estimate of drug-likeness (QED) is 0.275. The molecule has 2 aromatic rings. The van der Waals surface area contributed by atoms with E-state index in [1.165, 1.54) is 23.2 Å². The standard InChI is InChI=1S/C23H32Br2OSi/c1-23(2,3)27(21-12-6-4-7-13-21,22-14-8-5-9-15-22)26-19-20(16-18-25)11-10-17-24/h4-9,12-15,20H,10-11,16-19H2,1-3H3. The molecule has 1 atom stereocenters. The molecule has 0 aliphatic carbocycles. The van der Waals surface area contributed by atoms with E-state index < -0.39 is 8.32 Å². The fourth-order valence-corrected chi connectivity index (χ4v) is 9.45. The van der Waals surface area contributed by atoms with E-state index in [-0.39, 0.29) is 5.04 Å². The van der Waals surface area contributed by atoms with Gasteiger partial charge in [0.1, 0.15) is 0 Å². The molecule has 0 heterocycles. The Bertz CT molecular complexity index is 616. The molecule has 0 radical (unpaired) electrons. The third kappa shape index (κ3) is 5.78. The molecule has 0 bridgehead atoms. The lowest BCUT2D eigenvalue weighted by molar-refractivity contribution is 0.224. The molecule has 0 spiro atoms. The summed E-state index contributed by atoms with van der Waals surface area (Å²) in [4.78, 5) is 0. The van der Waals surface area contributed by atoms with E-state index in [1.54, 1.807) is 0 Å². The first-order chi connectivity index (χ1) is 13.0. The molecule has 0 aliphatic heterocycles. The van der Waals surface area contributed by atoms with Crippen LogP contribution in [0.5, 0.6) is 0 Å². The van der Waals surface area contributed by atoms with Gasteiger partial charge >= 0.3 is 0 Å². The maximum Gasteiger partial charge on any atom is 0.261 e. The Hall–Kier alpha value is -0.423. The number of rotatable bonds is 10. The number of benzene rings is 2. The van der Waals surface area contributed by atoms with Crippen LogP contribution in [-0.2, 0) is 4.43 Å². The van der Waals surface area contributed by atoms with Crippen molar-refractivity contribution in [2.75, 3.05) is 17.3 Å². The summed E-state index contributed by atoms with van der Waals surface area (Å²) in [6.07, 6.45) is 3.56. The number of halogens is 2. The first-order valence-electron chi connectivity index (χ1n) is 9.82. The summed E-state index contributed by atoms with van der Waals surface area (Å²) in [5.74, 6) is 0.587. The Morgan fingerprint density at radius 1 is 0.815 bits per heavy atom. The van der Waals surface area contributed by atoms with Crippen LogP contribution in [0.1, 0.15) is 40.0 Å². The molecule has 0 N–H and O–H groups in total. The topological polar surface area (TPSA) is 9.23 Å². The first-order valence-corrected chi connectivity index (χ1v) is 14.0. The molecular formula is C23H32Br2OSi. The van der Waals surface area contributed by atoms with Gasteiger partial charge in [-0.2, -0.15) is 0 Å². The largest absolute Gasteiger partial charge is 0.407 e. The monoisotopic (exact) mass is 510 g/mol. The van der Waals surface area contributed by atoms with Gasteiger partial charge in [0.15, 0.2) is 0 Å². The average molecular weight is 512 g/mol. The SMILES string of the molecule is CC(C)(C)[Si](OCC(CCBr)CCCBr)(c1ccccc1)c1ccccc1. The third-order valence-corrected chi connectivity index (χ3v) is 11.2. The molecule has 2 rings (SSSR count). The molecule has 27 heavy (non-hydrogen) atoms. The Kier molecular flexibility index (Phi) is 9.26. The van der Waals surface area contributed by atoms with Gasteiger partial charge in [-0.25, -0.2) is 0 Å². The zero-order valence-corrected chi connectivity index (χ0v) is 20.9. The molecule has 1 unspecified atom stereocenters. The van der Waals surface area contributed by atoms with E-state index in [4.69, 9.17) is 4.43 Å². The lowest BCUT2D eigenvalue weighted by Crippen LogP contribution is -2.66. The van der Waals surface area contributed by atoms with Crippen LogP contribution in [0.3, 0.4) is 0 Å². The van der Waals surface area contributed by atoms with Gasteiger partial charge in [0.2, 0.25) is 0 Å². The van der Waals surface area contributed by atoms with Crippen molar-refractivity contribution in [1.82, 2.24) is 0 Å². The van der Waals surface area contributed by atoms with Gasteiger partial charge in [0.05, 0.1) is 0 Å². The summed E-state index contributed by atoms with van der Waals surface area (Å²) in [6, 6.07) is 21.9. The summed E-state index contributed by atoms with van der Waals surface area (Å²) in [5, 5.41) is 4.86. The zero-order chi connectivity index (χ0) is 19.8. The summed E-state index contributed by atoms with van der Waals surface area (Å²) in [7, 11) is -2.41. The van der Waals surface area contributed by atoms with Crippen molar-refractivity contribution in [3.05, 3.63) is 60.7 Å². The predicted octanol–water partition coefficient (Wildman–Crippen LogP) is 6.14. The van der Waals surface area contributed by atoms with Crippen LogP contribution in [0, 0.1) is 5.92 Å². The summed E-state index contributed by atoms with van der Waals surface area (Å²) >= 11 is 7.22. The molecule has 0 fully saturated rings. The van der Waals surface area contributed by atoms with E-state index in [0.29, 0.717) is 5.92 Å². The first kappa shape index (κ1) is 22.9. The van der Waals surface area contributed by atoms with Crippen molar-refractivity contribution in [3.63, 3.8) is 0 Å². The minimum atomic E-state index is -2.41. The average Bonchev–Trinajstić information content (AvgIpc) is 2.67. The minimum Gasteiger partial charge on any atom is -0.407 e. The van der Waals surface area contributed by atoms with Crippen LogP contribution in [-0.4, -0.2) is 25.6 Å². The fourth-order valence-electron chi connectivity index (χ4n) is 3.84. The van der Waals surface area contributed by atoms with E-state index in [0.717, 1.165) is 23.7 Å². The number of alkyl halides is 2. The second kappa shape index (κ2) is 10.9. The minimum absolute atomic E-state index is 0.0457. The maximum absolute atomic E-state index is 7.08. The van der Waals surface area contributed by atoms with Crippen molar-refractivity contribution in [2.45, 2.75) is 45.1 Å². The fraction of sp³-hybridized carbons (Fsp3) is 0.478. The predicted molar refractivity (Wildman–Crippen MR) is 129 cm³/mol. The lowest BCUT2D eigenvalue weighted by atomic mass is 10.0. The highest BCUT2D eigenvalue weighted by Gasteiger charge is 2.50. The molecule has 1 nitrogen and oxygen atoms in total. The highest BCUT2D eigenvalue weighted by atomic mass is 79.9. The number of hydrogen-bond acceptors (Lipinski definition) is 1. The highest BCUT2D eigenvalue weighted by molar-refractivity contribution is 9.09. The van der Waals surface area contributed by atoms with Gasteiger partial charge in [-0.05, 0) is 40.6 Å². The van der Waals surface area contributed by atoms with Gasteiger partial charge < -0.3 is 4.43 Å². The van der Waals surface area contributed by atoms with Crippen LogP contribution in [0.25, 0.3) is 0 Å². The van der Waals surface area contributed by atoms with E-state index in [1.807, 2.05) is 0 Å². The van der Waals surface area contributed by atoms with Crippen molar-refractivity contribution < 1.29 is 4.43 Å². The van der Waals surface area contributed by atoms with Crippen molar-refractivity contribution in [3.8, 4) is 0 Å². The summed E-state index contributed by atoms with van der Waals surface area (Å²) < 4.78 is 7.08. The smallest absolute Gasteiger partial charge is 0.261 e. The van der Waals surface area contributed by atoms with Crippen molar-refractivity contribution >= 4 is 50.6 Å².